The van der Waals surface area contributed by atoms with Gasteiger partial charge in [-0.2, -0.15) is 4.80 Å². The first kappa shape index (κ1) is 17.4. The maximum atomic E-state index is 14.1. The summed E-state index contributed by atoms with van der Waals surface area (Å²) in [6.07, 6.45) is 0. The number of carbonyl (C=O) groups is 2. The monoisotopic (exact) mass is 353 g/mol. The van der Waals surface area contributed by atoms with Gasteiger partial charge < -0.3 is 5.32 Å². The van der Waals surface area contributed by atoms with Crippen molar-refractivity contribution in [2.24, 2.45) is 0 Å². The van der Waals surface area contributed by atoms with Crippen molar-refractivity contribution in [1.29, 1.82) is 0 Å². The van der Waals surface area contributed by atoms with Crippen molar-refractivity contribution < 1.29 is 14.0 Å². The quantitative estimate of drug-likeness (QED) is 0.712. The Morgan fingerprint density at radius 2 is 1.88 bits per heavy atom. The van der Waals surface area contributed by atoms with Gasteiger partial charge in [-0.3, -0.25) is 9.59 Å². The molecule has 26 heavy (non-hydrogen) atoms. The molecule has 0 aliphatic carbocycles. The molecule has 132 valence electrons. The van der Waals surface area contributed by atoms with E-state index in [1.165, 1.54) is 19.1 Å². The zero-order valence-corrected chi connectivity index (χ0v) is 14.2. The first-order valence-electron chi connectivity index (χ1n) is 7.87. The number of halogens is 1. The van der Waals surface area contributed by atoms with Crippen molar-refractivity contribution in [3.05, 3.63) is 59.4 Å². The molecule has 8 heteroatoms. The first-order chi connectivity index (χ1) is 12.4. The Morgan fingerprint density at radius 3 is 2.54 bits per heavy atom. The number of aromatic nitrogens is 4. The summed E-state index contributed by atoms with van der Waals surface area (Å²) in [7, 11) is 0. The van der Waals surface area contributed by atoms with Gasteiger partial charge in [-0.05, 0) is 30.3 Å². The van der Waals surface area contributed by atoms with Gasteiger partial charge in [0.15, 0.2) is 5.78 Å². The van der Waals surface area contributed by atoms with Crippen LogP contribution in [0.4, 0.5) is 10.1 Å². The van der Waals surface area contributed by atoms with Crippen LogP contribution in [-0.2, 0) is 11.3 Å². The molecule has 0 aliphatic rings. The number of nitrogens with zero attached hydrogens (tertiary/aromatic N) is 4. The molecule has 0 atom stereocenters. The zero-order chi connectivity index (χ0) is 18.7. The Balaban J connectivity index is 1.74. The average Bonchev–Trinajstić information content (AvgIpc) is 3.03. The molecule has 3 aromatic rings. The topological polar surface area (TPSA) is 89.8 Å². The number of benzene rings is 2. The molecule has 1 N–H and O–H groups in total. The highest BCUT2D eigenvalue weighted by molar-refractivity contribution is 5.97. The first-order valence-corrected chi connectivity index (χ1v) is 7.87. The minimum Gasteiger partial charge on any atom is -0.326 e. The molecule has 1 heterocycles. The van der Waals surface area contributed by atoms with Gasteiger partial charge in [0.2, 0.25) is 11.7 Å². The fourth-order valence-electron chi connectivity index (χ4n) is 2.36. The fraction of sp³-hybridized carbons (Fsp3) is 0.167. The maximum Gasteiger partial charge on any atom is 0.221 e. The molecule has 0 fully saturated rings. The summed E-state index contributed by atoms with van der Waals surface area (Å²) in [5, 5.41) is 14.4. The van der Waals surface area contributed by atoms with Crippen molar-refractivity contribution in [3.8, 4) is 11.4 Å². The zero-order valence-electron chi connectivity index (χ0n) is 14.2. The van der Waals surface area contributed by atoms with E-state index in [1.54, 1.807) is 0 Å². The SMILES string of the molecule is CC(=O)Nc1ccc(C(=O)Cn2nnc(-c3ccc(C)cc3)n2)c(F)c1. The molecular formula is C18H16FN5O2. The molecule has 1 amide bonds. The highest BCUT2D eigenvalue weighted by Crippen LogP contribution is 2.17. The molecule has 0 aliphatic heterocycles. The van der Waals surface area contributed by atoms with Crippen LogP contribution in [-0.4, -0.2) is 31.9 Å². The van der Waals surface area contributed by atoms with Gasteiger partial charge in [0, 0.05) is 18.2 Å². The molecular weight excluding hydrogens is 337 g/mol. The van der Waals surface area contributed by atoms with Crippen LogP contribution in [0.25, 0.3) is 11.4 Å². The van der Waals surface area contributed by atoms with Crippen molar-refractivity contribution in [2.75, 3.05) is 5.32 Å². The summed E-state index contributed by atoms with van der Waals surface area (Å²) in [5.41, 5.74) is 2.06. The number of Topliss-reactive ketones (excluding diaryl/α,β-unsaturated/α-hetero) is 1. The van der Waals surface area contributed by atoms with Crippen molar-refractivity contribution >= 4 is 17.4 Å². The molecule has 3 rings (SSSR count). The highest BCUT2D eigenvalue weighted by atomic mass is 19.1. The third kappa shape index (κ3) is 3.97. The smallest absolute Gasteiger partial charge is 0.221 e. The van der Waals surface area contributed by atoms with E-state index in [1.807, 2.05) is 31.2 Å². The number of carbonyl (C=O) groups excluding carboxylic acids is 2. The van der Waals surface area contributed by atoms with Gasteiger partial charge in [0.25, 0.3) is 0 Å². The summed E-state index contributed by atoms with van der Waals surface area (Å²) >= 11 is 0. The largest absolute Gasteiger partial charge is 0.326 e. The Labute approximate surface area is 148 Å². The second-order valence-corrected chi connectivity index (χ2v) is 5.81. The van der Waals surface area contributed by atoms with Crippen molar-refractivity contribution in [3.63, 3.8) is 0 Å². The summed E-state index contributed by atoms with van der Waals surface area (Å²) in [6, 6.07) is 11.4. The number of hydrogen-bond acceptors (Lipinski definition) is 5. The van der Waals surface area contributed by atoms with Gasteiger partial charge in [0.05, 0.1) is 5.56 Å². The normalized spacial score (nSPS) is 10.6. The molecule has 0 saturated carbocycles. The average molecular weight is 353 g/mol. The van der Waals surface area contributed by atoms with Crippen LogP contribution >= 0.6 is 0 Å². The summed E-state index contributed by atoms with van der Waals surface area (Å²) < 4.78 is 14.1. The van der Waals surface area contributed by atoms with Crippen LogP contribution in [0.3, 0.4) is 0 Å². The van der Waals surface area contributed by atoms with E-state index in [-0.39, 0.29) is 23.7 Å². The highest BCUT2D eigenvalue weighted by Gasteiger charge is 2.15. The maximum absolute atomic E-state index is 14.1. The number of anilines is 1. The van der Waals surface area contributed by atoms with Crippen LogP contribution in [0.1, 0.15) is 22.8 Å². The minimum atomic E-state index is -0.722. The van der Waals surface area contributed by atoms with Crippen LogP contribution in [0.5, 0.6) is 0 Å². The second kappa shape index (κ2) is 7.22. The second-order valence-electron chi connectivity index (χ2n) is 5.81. The molecule has 0 bridgehead atoms. The lowest BCUT2D eigenvalue weighted by molar-refractivity contribution is -0.114. The lowest BCUT2D eigenvalue weighted by Gasteiger charge is -2.05. The van der Waals surface area contributed by atoms with E-state index in [9.17, 15) is 14.0 Å². The molecule has 0 spiro atoms. The lowest BCUT2D eigenvalue weighted by atomic mass is 10.1. The summed E-state index contributed by atoms with van der Waals surface area (Å²) in [5.74, 6) is -1.15. The van der Waals surface area contributed by atoms with Gasteiger partial charge in [-0.15, -0.1) is 10.2 Å². The number of rotatable bonds is 5. The number of aryl methyl sites for hydroxylation is 1. The number of amides is 1. The van der Waals surface area contributed by atoms with E-state index in [0.717, 1.165) is 22.0 Å². The number of hydrogen-bond donors (Lipinski definition) is 1. The van der Waals surface area contributed by atoms with E-state index < -0.39 is 11.6 Å². The van der Waals surface area contributed by atoms with Gasteiger partial charge in [-0.25, -0.2) is 4.39 Å². The molecule has 0 unspecified atom stereocenters. The van der Waals surface area contributed by atoms with Gasteiger partial charge >= 0.3 is 0 Å². The predicted molar refractivity (Wildman–Crippen MR) is 93.0 cm³/mol. The Morgan fingerprint density at radius 1 is 1.15 bits per heavy atom. The Hall–Kier alpha value is -3.42. The third-order valence-corrected chi connectivity index (χ3v) is 3.64. The third-order valence-electron chi connectivity index (χ3n) is 3.64. The predicted octanol–water partition coefficient (Wildman–Crippen LogP) is 2.63. The number of nitrogens with one attached hydrogen (secondary N) is 1. The van der Waals surface area contributed by atoms with Crippen LogP contribution < -0.4 is 5.32 Å². The Kier molecular flexibility index (Phi) is 4.83. The van der Waals surface area contributed by atoms with E-state index in [4.69, 9.17) is 0 Å². The van der Waals surface area contributed by atoms with Crippen LogP contribution in [0.15, 0.2) is 42.5 Å². The molecule has 7 nitrogen and oxygen atoms in total. The molecule has 1 aromatic heterocycles. The lowest BCUT2D eigenvalue weighted by Crippen LogP contribution is -2.15. The van der Waals surface area contributed by atoms with Crippen molar-refractivity contribution in [2.45, 2.75) is 20.4 Å². The van der Waals surface area contributed by atoms with E-state index in [2.05, 4.69) is 20.7 Å². The fourth-order valence-corrected chi connectivity index (χ4v) is 2.36. The molecule has 0 saturated heterocycles. The van der Waals surface area contributed by atoms with Gasteiger partial charge in [0.1, 0.15) is 12.4 Å². The van der Waals surface area contributed by atoms with E-state index >= 15 is 0 Å². The molecule has 2 aromatic carbocycles. The number of tetrazole rings is 1. The van der Waals surface area contributed by atoms with E-state index in [0.29, 0.717) is 5.82 Å². The Bertz CT molecular complexity index is 966. The summed E-state index contributed by atoms with van der Waals surface area (Å²) in [6.45, 7) is 3.05. The standard InChI is InChI=1S/C18H16FN5O2/c1-11-3-5-13(6-4-11)18-21-23-24(22-18)10-17(26)15-8-7-14(9-16(15)19)20-12(2)25/h3-9H,10H2,1-2H3,(H,20,25). The van der Waals surface area contributed by atoms with Crippen LogP contribution in [0, 0.1) is 12.7 Å². The number of ketones is 1. The van der Waals surface area contributed by atoms with Crippen LogP contribution in [0.2, 0.25) is 0 Å². The molecule has 0 radical (unpaired) electrons. The summed E-state index contributed by atoms with van der Waals surface area (Å²) in [4.78, 5) is 24.4. The van der Waals surface area contributed by atoms with Crippen molar-refractivity contribution in [1.82, 2.24) is 20.2 Å². The minimum absolute atomic E-state index is 0.103. The van der Waals surface area contributed by atoms with Gasteiger partial charge in [-0.1, -0.05) is 29.8 Å².